The number of non-ortho nitro benzene ring substituents is 1. The summed E-state index contributed by atoms with van der Waals surface area (Å²) in [5, 5.41) is 71.6. The van der Waals surface area contributed by atoms with Gasteiger partial charge < -0.3 is 58.7 Å². The first-order valence-corrected chi connectivity index (χ1v) is 24.6. The quantitative estimate of drug-likeness (QED) is 0.0863. The van der Waals surface area contributed by atoms with E-state index in [-0.39, 0.29) is 36.4 Å². The van der Waals surface area contributed by atoms with Crippen LogP contribution < -0.4 is 0 Å². The number of ether oxygens (including phenoxy) is 5. The lowest BCUT2D eigenvalue weighted by Crippen LogP contribution is -2.60. The molecular weight excluding hydrogens is 911 g/mol. The van der Waals surface area contributed by atoms with E-state index in [4.69, 9.17) is 28.5 Å². The minimum absolute atomic E-state index is 0.0307. The van der Waals surface area contributed by atoms with Gasteiger partial charge in [-0.15, -0.1) is 5.10 Å². The van der Waals surface area contributed by atoms with Crippen LogP contribution in [-0.2, 0) is 57.5 Å². The topological polar surface area (TPSA) is 263 Å². The lowest BCUT2D eigenvalue weighted by atomic mass is 9.74. The van der Waals surface area contributed by atoms with E-state index in [0.29, 0.717) is 38.8 Å². The van der Waals surface area contributed by atoms with Crippen molar-refractivity contribution in [1.29, 1.82) is 0 Å². The molecule has 0 spiro atoms. The molecule has 3 saturated heterocycles. The predicted molar refractivity (Wildman–Crippen MR) is 256 cm³/mol. The monoisotopic (exact) mass is 990 g/mol. The average molecular weight is 990 g/mol. The van der Waals surface area contributed by atoms with Gasteiger partial charge in [0.15, 0.2) is 12.1 Å². The highest BCUT2D eigenvalue weighted by molar-refractivity contribution is 6.00. The van der Waals surface area contributed by atoms with E-state index < -0.39 is 107 Å². The molecule has 70 heavy (non-hydrogen) atoms. The number of hydrogen-bond donors (Lipinski definition) is 4. The number of nitrogens with zero attached hydrogens (tertiary/aromatic N) is 7. The van der Waals surface area contributed by atoms with Gasteiger partial charge in [0.05, 0.1) is 46.3 Å². The molecule has 2 aromatic rings. The molecule has 17 atom stereocenters. The van der Waals surface area contributed by atoms with Crippen LogP contribution in [-0.4, -0.2) is 181 Å². The number of Topliss-reactive ketones (excluding diaryl/α,β-unsaturated/α-hetero) is 1. The van der Waals surface area contributed by atoms with Crippen molar-refractivity contribution in [2.45, 2.75) is 186 Å². The second kappa shape index (κ2) is 24.1. The number of aliphatic hydroxyl groups excluding tert-OH is 3. The predicted octanol–water partition coefficient (Wildman–Crippen LogP) is 3.31. The zero-order chi connectivity index (χ0) is 52.0. The van der Waals surface area contributed by atoms with Gasteiger partial charge in [-0.25, -0.2) is 0 Å². The number of ketones is 1. The number of carbonyl (C=O) groups excluding carboxylic acids is 2. The largest absolute Gasteiger partial charge is 0.459 e. The fourth-order valence-electron chi connectivity index (χ4n) is 10.3. The number of nitro groups is 1. The SMILES string of the molecule is CC[C@H]1OC(=O)[C@H](C)C(=O)[C@H](C)[C@@H](O[C@@H]2O[C@H](C)C[C@H](N(C)CCc3cn(CCc4ccc([N+](=O)[O-])cc4)nn3)[C@H]2O)[C@](C)(OC)C[C@@H](C)/C(=N\O[C@@H]2O[C@H](C)C[C@H](N(C)C)[C@H]2O)[C@H](C)[C@@H](O)[C@]1(C)O. The van der Waals surface area contributed by atoms with Crippen molar-refractivity contribution in [3.63, 3.8) is 0 Å². The van der Waals surface area contributed by atoms with E-state index in [1.807, 2.05) is 57.9 Å². The number of methoxy groups -OCH3 is 1. The standard InChI is InChI=1S/C49H79N7O14/c1-14-38-49(9,62)43(60)30(5)39(51-70-47-41(58)36(53(10)11)23-28(3)67-47)27(2)25-48(8,65-13)44(31(6)40(57)32(7)45(61)68-38)69-46-42(59)37(24-29(4)66-46)54(12)21-20-34-26-55(52-50-34)22-19-33-15-17-35(18-16-33)56(63)64/h15-18,26-32,36-38,41-44,46-47,58-60,62H,14,19-25H2,1-13H3/b51-39+/t27-,28-,29-,30+,31+,32-,36+,37+,38-,41-,42-,43-,44-,46+,47+,48-,49-/m1/s1. The zero-order valence-corrected chi connectivity index (χ0v) is 43.2. The first kappa shape index (κ1) is 56.9. The summed E-state index contributed by atoms with van der Waals surface area (Å²) in [5.41, 5.74) is -1.42. The summed E-state index contributed by atoms with van der Waals surface area (Å²) in [5.74, 6) is -5.37. The van der Waals surface area contributed by atoms with E-state index in [1.165, 1.54) is 33.1 Å². The summed E-state index contributed by atoms with van der Waals surface area (Å²) in [4.78, 5) is 48.9. The molecule has 5 rings (SSSR count). The molecule has 21 heteroatoms. The number of likely N-dealkylation sites (N-methyl/N-ethyl adjacent to an activating group) is 2. The van der Waals surface area contributed by atoms with Gasteiger partial charge in [0.25, 0.3) is 12.0 Å². The third kappa shape index (κ3) is 13.3. The highest BCUT2D eigenvalue weighted by Gasteiger charge is 2.52. The van der Waals surface area contributed by atoms with E-state index in [2.05, 4.69) is 15.5 Å². The Bertz CT molecular complexity index is 2070. The number of aryl methyl sites for hydroxylation is 2. The van der Waals surface area contributed by atoms with Crippen molar-refractivity contribution in [2.75, 3.05) is 34.8 Å². The maximum absolute atomic E-state index is 14.5. The Morgan fingerprint density at radius 1 is 0.929 bits per heavy atom. The Morgan fingerprint density at radius 2 is 1.54 bits per heavy atom. The van der Waals surface area contributed by atoms with E-state index in [1.54, 1.807) is 44.5 Å². The maximum Gasteiger partial charge on any atom is 0.316 e. The molecular formula is C49H79N7O14. The van der Waals surface area contributed by atoms with Crippen LogP contribution in [0.5, 0.6) is 0 Å². The molecule has 0 unspecified atom stereocenters. The lowest BCUT2D eigenvalue weighted by Gasteiger charge is -2.47. The van der Waals surface area contributed by atoms with Gasteiger partial charge >= 0.3 is 5.97 Å². The Balaban J connectivity index is 1.41. The van der Waals surface area contributed by atoms with Crippen LogP contribution in [0.1, 0.15) is 99.3 Å². The number of aliphatic hydroxyl groups is 4. The third-order valence-electron chi connectivity index (χ3n) is 14.9. The highest BCUT2D eigenvalue weighted by atomic mass is 16.8. The molecule has 394 valence electrons. The molecule has 0 amide bonds. The lowest BCUT2D eigenvalue weighted by molar-refractivity contribution is -0.384. The molecule has 1 aromatic carbocycles. The van der Waals surface area contributed by atoms with Crippen molar-refractivity contribution in [3.05, 3.63) is 51.8 Å². The molecule has 0 radical (unpaired) electrons. The zero-order valence-electron chi connectivity index (χ0n) is 43.2. The molecule has 0 saturated carbocycles. The van der Waals surface area contributed by atoms with Crippen molar-refractivity contribution in [2.24, 2.45) is 28.8 Å². The molecule has 4 heterocycles. The molecule has 3 aliphatic heterocycles. The Labute approximate surface area is 411 Å². The van der Waals surface area contributed by atoms with Crippen LogP contribution in [0.2, 0.25) is 0 Å². The van der Waals surface area contributed by atoms with Crippen molar-refractivity contribution in [3.8, 4) is 0 Å². The Hall–Kier alpha value is -4.03. The fraction of sp³-hybridized carbons (Fsp3) is 0.776. The molecule has 0 aliphatic carbocycles. The van der Waals surface area contributed by atoms with Gasteiger partial charge in [-0.1, -0.05) is 50.2 Å². The van der Waals surface area contributed by atoms with Crippen LogP contribution in [0.4, 0.5) is 5.69 Å². The minimum Gasteiger partial charge on any atom is -0.459 e. The number of benzene rings is 1. The first-order valence-electron chi connectivity index (χ1n) is 24.6. The van der Waals surface area contributed by atoms with Gasteiger partial charge in [0, 0.05) is 74.8 Å². The molecule has 4 N–H and O–H groups in total. The summed E-state index contributed by atoms with van der Waals surface area (Å²) >= 11 is 0. The minimum atomic E-state index is -2.02. The molecule has 3 fully saturated rings. The summed E-state index contributed by atoms with van der Waals surface area (Å²) < 4.78 is 33.1. The van der Waals surface area contributed by atoms with Crippen LogP contribution in [0.25, 0.3) is 0 Å². The number of oxime groups is 1. The van der Waals surface area contributed by atoms with Crippen LogP contribution in [0, 0.1) is 33.8 Å². The maximum atomic E-state index is 14.5. The fourth-order valence-corrected chi connectivity index (χ4v) is 10.3. The summed E-state index contributed by atoms with van der Waals surface area (Å²) in [6, 6.07) is 5.65. The van der Waals surface area contributed by atoms with Gasteiger partial charge in [-0.05, 0) is 93.4 Å². The van der Waals surface area contributed by atoms with Gasteiger partial charge in [0.1, 0.15) is 29.8 Å². The number of cyclic esters (lactones) is 1. The van der Waals surface area contributed by atoms with Gasteiger partial charge in [-0.3, -0.25) is 24.4 Å². The Morgan fingerprint density at radius 3 is 2.14 bits per heavy atom. The van der Waals surface area contributed by atoms with Crippen LogP contribution in [0.15, 0.2) is 35.6 Å². The second-order valence-corrected chi connectivity index (χ2v) is 20.6. The normalized spacial score (nSPS) is 37.9. The van der Waals surface area contributed by atoms with E-state index in [0.717, 1.165) is 11.3 Å². The first-order chi connectivity index (χ1) is 32.8. The number of nitro benzene ring substituents is 1. The summed E-state index contributed by atoms with van der Waals surface area (Å²) in [6.45, 7) is 16.2. The number of rotatable bonds is 15. The van der Waals surface area contributed by atoms with E-state index >= 15 is 0 Å². The number of aromatic nitrogens is 3. The highest BCUT2D eigenvalue weighted by Crippen LogP contribution is 2.39. The second-order valence-electron chi connectivity index (χ2n) is 20.6. The summed E-state index contributed by atoms with van der Waals surface area (Å²) in [7, 11) is 7.07. The third-order valence-corrected chi connectivity index (χ3v) is 14.9. The van der Waals surface area contributed by atoms with Crippen molar-refractivity contribution < 1.29 is 63.5 Å². The number of hydrogen-bond acceptors (Lipinski definition) is 19. The van der Waals surface area contributed by atoms with Gasteiger partial charge in [-0.2, -0.15) is 0 Å². The smallest absolute Gasteiger partial charge is 0.316 e. The summed E-state index contributed by atoms with van der Waals surface area (Å²) in [6.07, 6.45) is -5.17. The van der Waals surface area contributed by atoms with Crippen molar-refractivity contribution >= 4 is 23.2 Å². The average Bonchev–Trinajstić information content (AvgIpc) is 3.78. The van der Waals surface area contributed by atoms with Crippen LogP contribution in [0.3, 0.4) is 0 Å². The van der Waals surface area contributed by atoms with Crippen molar-refractivity contribution in [1.82, 2.24) is 24.8 Å². The Kier molecular flexibility index (Phi) is 19.6. The molecule has 0 bridgehead atoms. The number of carbonyl (C=O) groups is 2. The van der Waals surface area contributed by atoms with Gasteiger partial charge in [0.2, 0.25) is 0 Å². The number of esters is 1. The van der Waals surface area contributed by atoms with E-state index in [9.17, 15) is 40.1 Å². The molecule has 1 aromatic heterocycles. The molecule has 3 aliphatic rings. The van der Waals surface area contributed by atoms with Crippen LogP contribution >= 0.6 is 0 Å². The molecule has 21 nitrogen and oxygen atoms in total.